The number of aryl methyl sites for hydroxylation is 1. The number of imidazole rings is 1. The van der Waals surface area contributed by atoms with Crippen molar-refractivity contribution in [2.75, 3.05) is 7.11 Å². The number of aromatic amines is 1. The highest BCUT2D eigenvalue weighted by Crippen LogP contribution is 2.27. The summed E-state index contributed by atoms with van der Waals surface area (Å²) < 4.78 is 5.28. The maximum Gasteiger partial charge on any atom is 0.178 e. The molecule has 5 nitrogen and oxygen atoms in total. The van der Waals surface area contributed by atoms with Crippen LogP contribution in [0.3, 0.4) is 0 Å². The van der Waals surface area contributed by atoms with Gasteiger partial charge in [0, 0.05) is 12.4 Å². The summed E-state index contributed by atoms with van der Waals surface area (Å²) in [6, 6.07) is 3.88. The third-order valence-electron chi connectivity index (χ3n) is 2.73. The number of nitrogens with zero attached hydrogens (tertiary/aromatic N) is 3. The molecule has 5 heteroatoms. The van der Waals surface area contributed by atoms with Gasteiger partial charge in [-0.25, -0.2) is 9.97 Å². The monoisotopic (exact) mass is 240 g/mol. The summed E-state index contributed by atoms with van der Waals surface area (Å²) in [4.78, 5) is 16.0. The van der Waals surface area contributed by atoms with Crippen molar-refractivity contribution in [1.82, 2.24) is 19.9 Å². The molecular formula is C13H12N4O. The van der Waals surface area contributed by atoms with Crippen LogP contribution in [0, 0.1) is 6.92 Å². The Bertz CT molecular complexity index is 705. The van der Waals surface area contributed by atoms with E-state index in [9.17, 15) is 0 Å². The highest BCUT2D eigenvalue weighted by atomic mass is 16.5. The topological polar surface area (TPSA) is 63.7 Å². The van der Waals surface area contributed by atoms with Crippen LogP contribution in [0.1, 0.15) is 5.56 Å². The Morgan fingerprint density at radius 3 is 3.00 bits per heavy atom. The third-order valence-corrected chi connectivity index (χ3v) is 2.73. The van der Waals surface area contributed by atoms with Gasteiger partial charge in [-0.2, -0.15) is 0 Å². The first kappa shape index (κ1) is 10.7. The summed E-state index contributed by atoms with van der Waals surface area (Å²) in [5, 5.41) is 0. The minimum atomic E-state index is 0.688. The van der Waals surface area contributed by atoms with Gasteiger partial charge in [-0.05, 0) is 24.6 Å². The molecule has 18 heavy (non-hydrogen) atoms. The Hall–Kier alpha value is -2.43. The maximum atomic E-state index is 5.28. The van der Waals surface area contributed by atoms with E-state index < -0.39 is 0 Å². The van der Waals surface area contributed by atoms with E-state index in [1.807, 2.05) is 19.1 Å². The molecule has 0 saturated carbocycles. The highest BCUT2D eigenvalue weighted by Gasteiger charge is 2.10. The molecule has 0 bridgehead atoms. The van der Waals surface area contributed by atoms with Crippen molar-refractivity contribution in [1.29, 1.82) is 0 Å². The molecule has 0 atom stereocenters. The van der Waals surface area contributed by atoms with Crippen molar-refractivity contribution in [3.63, 3.8) is 0 Å². The number of ether oxygens (including phenoxy) is 1. The van der Waals surface area contributed by atoms with Crippen LogP contribution < -0.4 is 4.74 Å². The van der Waals surface area contributed by atoms with Gasteiger partial charge >= 0.3 is 0 Å². The fourth-order valence-electron chi connectivity index (χ4n) is 1.87. The predicted octanol–water partition coefficient (Wildman–Crippen LogP) is 2.34. The molecule has 0 aliphatic heterocycles. The van der Waals surface area contributed by atoms with Gasteiger partial charge < -0.3 is 9.72 Å². The Morgan fingerprint density at radius 1 is 1.28 bits per heavy atom. The zero-order chi connectivity index (χ0) is 12.5. The zero-order valence-corrected chi connectivity index (χ0v) is 10.1. The number of H-pyrrole nitrogens is 1. The van der Waals surface area contributed by atoms with Crippen LogP contribution in [-0.2, 0) is 0 Å². The normalized spacial score (nSPS) is 10.8. The molecule has 0 aliphatic carbocycles. The summed E-state index contributed by atoms with van der Waals surface area (Å²) >= 11 is 0. The van der Waals surface area contributed by atoms with Crippen molar-refractivity contribution >= 4 is 11.2 Å². The molecule has 0 amide bonds. The van der Waals surface area contributed by atoms with Gasteiger partial charge in [-0.15, -0.1) is 0 Å². The van der Waals surface area contributed by atoms with Gasteiger partial charge in [0.2, 0.25) is 0 Å². The van der Waals surface area contributed by atoms with Crippen LogP contribution >= 0.6 is 0 Å². The lowest BCUT2D eigenvalue weighted by atomic mass is 10.2. The van der Waals surface area contributed by atoms with E-state index in [2.05, 4.69) is 19.9 Å². The molecule has 3 rings (SSSR count). The molecule has 3 aromatic rings. The molecule has 1 N–H and O–H groups in total. The van der Waals surface area contributed by atoms with Gasteiger partial charge in [-0.1, -0.05) is 0 Å². The maximum absolute atomic E-state index is 5.28. The fourth-order valence-corrected chi connectivity index (χ4v) is 1.87. The van der Waals surface area contributed by atoms with Crippen LogP contribution in [0.2, 0.25) is 0 Å². The largest absolute Gasteiger partial charge is 0.494 e. The van der Waals surface area contributed by atoms with Gasteiger partial charge in [0.05, 0.1) is 24.4 Å². The molecule has 0 aliphatic rings. The predicted molar refractivity (Wildman–Crippen MR) is 68.4 cm³/mol. The number of hydrogen-bond acceptors (Lipinski definition) is 4. The molecule has 0 unspecified atom stereocenters. The average Bonchev–Trinajstić information content (AvgIpc) is 2.81. The van der Waals surface area contributed by atoms with E-state index in [1.165, 1.54) is 0 Å². The van der Waals surface area contributed by atoms with Crippen molar-refractivity contribution in [2.24, 2.45) is 0 Å². The summed E-state index contributed by atoms with van der Waals surface area (Å²) in [5.41, 5.74) is 3.60. The van der Waals surface area contributed by atoms with Crippen molar-refractivity contribution in [2.45, 2.75) is 6.92 Å². The number of hydrogen-bond donors (Lipinski definition) is 1. The molecule has 90 valence electrons. The molecule has 0 spiro atoms. The number of fused-ring (bicyclic) bond motifs is 1. The molecule has 3 aromatic heterocycles. The lowest BCUT2D eigenvalue weighted by Crippen LogP contribution is -1.89. The van der Waals surface area contributed by atoms with Crippen LogP contribution in [0.25, 0.3) is 22.6 Å². The fraction of sp³-hybridized carbons (Fsp3) is 0.154. The zero-order valence-electron chi connectivity index (χ0n) is 10.1. The molecule has 0 saturated heterocycles. The minimum absolute atomic E-state index is 0.688. The number of rotatable bonds is 2. The summed E-state index contributed by atoms with van der Waals surface area (Å²) in [6.45, 7) is 2.00. The summed E-state index contributed by atoms with van der Waals surface area (Å²) in [7, 11) is 1.62. The SMILES string of the molecule is COc1cnccc1-c1nc2ncc(C)cc2[nH]1. The first-order valence-electron chi connectivity index (χ1n) is 5.58. The second-order valence-electron chi connectivity index (χ2n) is 4.05. The Morgan fingerprint density at radius 2 is 2.17 bits per heavy atom. The number of methoxy groups -OCH3 is 1. The van der Waals surface area contributed by atoms with E-state index in [4.69, 9.17) is 4.74 Å². The number of aromatic nitrogens is 4. The van der Waals surface area contributed by atoms with Gasteiger partial charge in [0.15, 0.2) is 5.65 Å². The first-order chi connectivity index (χ1) is 8.78. The second-order valence-corrected chi connectivity index (χ2v) is 4.05. The van der Waals surface area contributed by atoms with E-state index in [0.717, 1.165) is 22.5 Å². The van der Waals surface area contributed by atoms with Crippen molar-refractivity contribution < 1.29 is 4.74 Å². The third kappa shape index (κ3) is 1.69. The molecule has 3 heterocycles. The van der Waals surface area contributed by atoms with Crippen LogP contribution in [0.4, 0.5) is 0 Å². The van der Waals surface area contributed by atoms with Crippen LogP contribution in [-0.4, -0.2) is 27.0 Å². The Labute approximate surface area is 104 Å². The minimum Gasteiger partial charge on any atom is -0.494 e. The Balaban J connectivity index is 2.19. The first-order valence-corrected chi connectivity index (χ1v) is 5.58. The quantitative estimate of drug-likeness (QED) is 0.746. The summed E-state index contributed by atoms with van der Waals surface area (Å²) in [5.74, 6) is 1.43. The number of nitrogens with one attached hydrogen (secondary N) is 1. The average molecular weight is 240 g/mol. The van der Waals surface area contributed by atoms with Gasteiger partial charge in [0.25, 0.3) is 0 Å². The lowest BCUT2D eigenvalue weighted by Gasteiger charge is -2.03. The molecule has 0 aromatic carbocycles. The molecular weight excluding hydrogens is 228 g/mol. The smallest absolute Gasteiger partial charge is 0.178 e. The van der Waals surface area contributed by atoms with Gasteiger partial charge in [0.1, 0.15) is 11.6 Å². The second kappa shape index (κ2) is 4.10. The van der Waals surface area contributed by atoms with Gasteiger partial charge in [-0.3, -0.25) is 4.98 Å². The highest BCUT2D eigenvalue weighted by molar-refractivity contribution is 5.77. The lowest BCUT2D eigenvalue weighted by molar-refractivity contribution is 0.414. The number of pyridine rings is 2. The molecule has 0 fully saturated rings. The van der Waals surface area contributed by atoms with Crippen LogP contribution in [0.15, 0.2) is 30.7 Å². The molecule has 0 radical (unpaired) electrons. The van der Waals surface area contributed by atoms with E-state index >= 15 is 0 Å². The van der Waals surface area contributed by atoms with Crippen molar-refractivity contribution in [3.8, 4) is 17.1 Å². The summed E-state index contributed by atoms with van der Waals surface area (Å²) in [6.07, 6.45) is 5.18. The van der Waals surface area contributed by atoms with E-state index in [1.54, 1.807) is 25.7 Å². The van der Waals surface area contributed by atoms with Crippen molar-refractivity contribution in [3.05, 3.63) is 36.3 Å². The van der Waals surface area contributed by atoms with Crippen LogP contribution in [0.5, 0.6) is 5.75 Å². The van der Waals surface area contributed by atoms with E-state index in [0.29, 0.717) is 11.4 Å². The van der Waals surface area contributed by atoms with E-state index in [-0.39, 0.29) is 0 Å². The standard InChI is InChI=1S/C13H12N4O/c1-8-5-10-13(15-6-8)17-12(16-10)9-3-4-14-7-11(9)18-2/h3-7H,1-2H3,(H,15,16,17). The Kier molecular flexibility index (Phi) is 2.44.